The first-order valence-corrected chi connectivity index (χ1v) is 23.2. The Morgan fingerprint density at radius 1 is 0.585 bits per heavy atom. The minimum atomic E-state index is -4.28. The molecule has 0 amide bonds. The Kier molecular flexibility index (Phi) is 36.7. The third kappa shape index (κ3) is 41.7. The minimum absolute atomic E-state index is 0.0853. The first-order chi connectivity index (χ1) is 25.6. The number of hydrogen-bond acceptors (Lipinski definition) is 6. The highest BCUT2D eigenvalue weighted by atomic mass is 31.2. The molecule has 0 aromatic heterocycles. The first kappa shape index (κ1) is 51.7. The summed E-state index contributed by atoms with van der Waals surface area (Å²) in [7, 11) is 1.66. The average Bonchev–Trinajstić information content (AvgIpc) is 3.11. The predicted octanol–water partition coefficient (Wildman–Crippen LogP) is 12.6. The van der Waals surface area contributed by atoms with E-state index in [2.05, 4.69) is 50.3 Å². The molecule has 0 aliphatic carbocycles. The Labute approximate surface area is 327 Å². The number of quaternary nitrogens is 1. The largest absolute Gasteiger partial charge is 0.472 e. The number of unbranched alkanes of at least 4 members (excludes halogenated alkanes) is 20. The predicted molar refractivity (Wildman–Crippen MR) is 224 cm³/mol. The molecule has 0 bridgehead atoms. The van der Waals surface area contributed by atoms with Gasteiger partial charge in [0.25, 0.3) is 0 Å². The van der Waals surface area contributed by atoms with Crippen molar-refractivity contribution in [2.24, 2.45) is 0 Å². The maximum atomic E-state index is 12.7. The third-order valence-corrected chi connectivity index (χ3v) is 10.1. The molecule has 0 saturated carbocycles. The molecule has 0 heterocycles. The lowest BCUT2D eigenvalue weighted by Gasteiger charge is -2.24. The normalized spacial score (nSPS) is 14.2. The number of carbonyl (C=O) groups excluding carboxylic acids is 1. The quantitative estimate of drug-likeness (QED) is 0.0218. The number of esters is 1. The summed E-state index contributed by atoms with van der Waals surface area (Å²) >= 11 is 0. The van der Waals surface area contributed by atoms with Gasteiger partial charge in [0, 0.05) is 13.0 Å². The molecule has 0 aromatic carbocycles. The maximum absolute atomic E-state index is 12.7. The summed E-state index contributed by atoms with van der Waals surface area (Å²) in [5.74, 6) is -0.323. The van der Waals surface area contributed by atoms with Crippen LogP contribution in [0.4, 0.5) is 0 Å². The van der Waals surface area contributed by atoms with E-state index in [1.54, 1.807) is 0 Å². The van der Waals surface area contributed by atoms with Crippen molar-refractivity contribution in [1.29, 1.82) is 0 Å². The number of phosphoric ester groups is 1. The fourth-order valence-corrected chi connectivity index (χ4v) is 6.50. The summed E-state index contributed by atoms with van der Waals surface area (Å²) < 4.78 is 35.0. The van der Waals surface area contributed by atoms with Crippen LogP contribution in [0.2, 0.25) is 0 Å². The van der Waals surface area contributed by atoms with E-state index in [0.717, 1.165) is 44.9 Å². The molecule has 2 atom stereocenters. The molecule has 0 aliphatic rings. The van der Waals surface area contributed by atoms with E-state index in [1.165, 1.54) is 116 Å². The second-order valence-corrected chi connectivity index (χ2v) is 17.2. The summed E-state index contributed by atoms with van der Waals surface area (Å²) in [6.45, 7) is 5.53. The van der Waals surface area contributed by atoms with Crippen LogP contribution in [0.1, 0.15) is 181 Å². The maximum Gasteiger partial charge on any atom is 0.472 e. The van der Waals surface area contributed by atoms with Crippen LogP contribution in [0, 0.1) is 0 Å². The van der Waals surface area contributed by atoms with E-state index in [0.29, 0.717) is 24.1 Å². The second-order valence-electron chi connectivity index (χ2n) is 15.7. The van der Waals surface area contributed by atoms with Gasteiger partial charge in [0.05, 0.1) is 34.4 Å². The SMILES string of the molecule is CCC/C=C\C/C=C\CCCCCCCCOCC(COP(=O)(O)OCC[N+](C)(C)C)OC(=O)CCCCCCCCC/C=C\CCCCCCCC. The van der Waals surface area contributed by atoms with Gasteiger partial charge in [-0.1, -0.05) is 147 Å². The zero-order chi connectivity index (χ0) is 39.1. The number of hydrogen-bond donors (Lipinski definition) is 1. The van der Waals surface area contributed by atoms with Crippen LogP contribution in [0.25, 0.3) is 0 Å². The fraction of sp³-hybridized carbons (Fsp3) is 0.841. The monoisotopic (exact) mass is 771 g/mol. The van der Waals surface area contributed by atoms with Crippen LogP contribution < -0.4 is 0 Å². The zero-order valence-electron chi connectivity index (χ0n) is 35.3. The third-order valence-electron chi connectivity index (χ3n) is 9.15. The van der Waals surface area contributed by atoms with Crippen LogP contribution in [-0.4, -0.2) is 75.6 Å². The standard InChI is InChI=1S/C44H84NO7P/c1-6-8-10-12-14-16-18-20-22-23-24-25-27-29-31-33-35-37-44(46)52-43(42-51-53(47,48)50-40-38-45(3,4)5)41-49-39-36-34-32-30-28-26-21-19-17-15-13-11-9-7-2/h11,13,17,19-20,22,43H,6-10,12,14-16,18,21,23-42H2,1-5H3/p+1/b13-11-,19-17-,22-20-. The molecule has 0 fully saturated rings. The van der Waals surface area contributed by atoms with Crippen molar-refractivity contribution in [3.8, 4) is 0 Å². The Morgan fingerprint density at radius 2 is 1.08 bits per heavy atom. The molecule has 0 aromatic rings. The van der Waals surface area contributed by atoms with E-state index < -0.39 is 13.9 Å². The van der Waals surface area contributed by atoms with Gasteiger partial charge in [0.1, 0.15) is 19.3 Å². The molecular formula is C44H85NO7P+. The topological polar surface area (TPSA) is 91.3 Å². The second kappa shape index (κ2) is 37.6. The summed E-state index contributed by atoms with van der Waals surface area (Å²) in [6.07, 6.45) is 43.1. The Balaban J connectivity index is 4.25. The highest BCUT2D eigenvalue weighted by Crippen LogP contribution is 2.43. The lowest BCUT2D eigenvalue weighted by Crippen LogP contribution is -2.37. The molecule has 0 saturated heterocycles. The zero-order valence-corrected chi connectivity index (χ0v) is 36.1. The van der Waals surface area contributed by atoms with E-state index >= 15 is 0 Å². The average molecular weight is 771 g/mol. The van der Waals surface area contributed by atoms with Crippen molar-refractivity contribution in [3.63, 3.8) is 0 Å². The summed E-state index contributed by atoms with van der Waals surface area (Å²) in [4.78, 5) is 22.9. The molecular weight excluding hydrogens is 685 g/mol. The molecule has 53 heavy (non-hydrogen) atoms. The number of likely N-dealkylation sites (N-methyl/N-ethyl adjacent to an activating group) is 1. The van der Waals surface area contributed by atoms with E-state index in [1.807, 2.05) is 21.1 Å². The number of allylic oxidation sites excluding steroid dienone is 6. The van der Waals surface area contributed by atoms with E-state index in [-0.39, 0.29) is 25.8 Å². The van der Waals surface area contributed by atoms with Crippen LogP contribution >= 0.6 is 7.82 Å². The molecule has 0 rings (SSSR count). The molecule has 9 heteroatoms. The number of carbonyl (C=O) groups is 1. The van der Waals surface area contributed by atoms with Gasteiger partial charge in [-0.2, -0.15) is 0 Å². The molecule has 8 nitrogen and oxygen atoms in total. The number of rotatable bonds is 40. The fourth-order valence-electron chi connectivity index (χ4n) is 5.76. The molecule has 2 unspecified atom stereocenters. The lowest BCUT2D eigenvalue weighted by molar-refractivity contribution is -0.870. The summed E-state index contributed by atoms with van der Waals surface area (Å²) in [6, 6.07) is 0. The number of phosphoric acid groups is 1. The van der Waals surface area contributed by atoms with Gasteiger partial charge >= 0.3 is 13.8 Å². The molecule has 312 valence electrons. The Hall–Kier alpha value is -1.28. The van der Waals surface area contributed by atoms with Gasteiger partial charge in [-0.15, -0.1) is 0 Å². The van der Waals surface area contributed by atoms with Crippen molar-refractivity contribution in [1.82, 2.24) is 0 Å². The van der Waals surface area contributed by atoms with Crippen LogP contribution in [0.5, 0.6) is 0 Å². The van der Waals surface area contributed by atoms with Gasteiger partial charge in [-0.05, 0) is 64.2 Å². The van der Waals surface area contributed by atoms with E-state index in [4.69, 9.17) is 18.5 Å². The molecule has 0 radical (unpaired) electrons. The summed E-state index contributed by atoms with van der Waals surface area (Å²) in [5, 5.41) is 0. The molecule has 0 spiro atoms. The van der Waals surface area contributed by atoms with Gasteiger partial charge < -0.3 is 18.9 Å². The van der Waals surface area contributed by atoms with Crippen molar-refractivity contribution >= 4 is 13.8 Å². The smallest absolute Gasteiger partial charge is 0.457 e. The van der Waals surface area contributed by atoms with E-state index in [9.17, 15) is 14.3 Å². The first-order valence-electron chi connectivity index (χ1n) is 21.7. The molecule has 1 N–H and O–H groups in total. The van der Waals surface area contributed by atoms with Gasteiger partial charge in [-0.25, -0.2) is 4.57 Å². The number of ether oxygens (including phenoxy) is 2. The highest BCUT2D eigenvalue weighted by molar-refractivity contribution is 7.47. The Morgan fingerprint density at radius 3 is 1.62 bits per heavy atom. The lowest BCUT2D eigenvalue weighted by atomic mass is 10.1. The van der Waals surface area contributed by atoms with Crippen LogP contribution in [-0.2, 0) is 27.9 Å². The number of nitrogens with zero attached hydrogens (tertiary/aromatic N) is 1. The van der Waals surface area contributed by atoms with Crippen molar-refractivity contribution < 1.29 is 37.3 Å². The highest BCUT2D eigenvalue weighted by Gasteiger charge is 2.26. The van der Waals surface area contributed by atoms with Crippen molar-refractivity contribution in [3.05, 3.63) is 36.5 Å². The van der Waals surface area contributed by atoms with Gasteiger partial charge in [0.15, 0.2) is 0 Å². The van der Waals surface area contributed by atoms with Gasteiger partial charge in [0.2, 0.25) is 0 Å². The molecule has 0 aliphatic heterocycles. The van der Waals surface area contributed by atoms with Crippen molar-refractivity contribution in [2.75, 3.05) is 54.1 Å². The van der Waals surface area contributed by atoms with Gasteiger partial charge in [-0.3, -0.25) is 13.8 Å². The summed E-state index contributed by atoms with van der Waals surface area (Å²) in [5.41, 5.74) is 0. The minimum Gasteiger partial charge on any atom is -0.457 e. The Bertz CT molecular complexity index is 947. The van der Waals surface area contributed by atoms with Crippen LogP contribution in [0.15, 0.2) is 36.5 Å². The van der Waals surface area contributed by atoms with Crippen LogP contribution in [0.3, 0.4) is 0 Å². The van der Waals surface area contributed by atoms with Crippen molar-refractivity contribution in [2.45, 2.75) is 187 Å².